The van der Waals surface area contributed by atoms with E-state index in [9.17, 15) is 4.79 Å². The minimum Gasteiger partial charge on any atom is -0.493 e. The zero-order valence-electron chi connectivity index (χ0n) is 15.6. The molecule has 0 saturated heterocycles. The summed E-state index contributed by atoms with van der Waals surface area (Å²) < 4.78 is 11.5. The molecule has 5 heteroatoms. The number of benzene rings is 1. The first-order valence-corrected chi connectivity index (χ1v) is 9.90. The molecule has 4 rings (SSSR count). The van der Waals surface area contributed by atoms with Gasteiger partial charge in [-0.15, -0.1) is 0 Å². The number of amides is 1. The lowest BCUT2D eigenvalue weighted by Gasteiger charge is -2.22. The molecule has 1 N–H and O–H groups in total. The fraction of sp³-hybridized carbons (Fsp3) is 0.455. The van der Waals surface area contributed by atoms with Gasteiger partial charge in [0.15, 0.2) is 11.6 Å². The highest BCUT2D eigenvalue weighted by Gasteiger charge is 2.17. The van der Waals surface area contributed by atoms with E-state index in [1.54, 1.807) is 6.20 Å². The molecule has 1 saturated carbocycles. The van der Waals surface area contributed by atoms with Crippen molar-refractivity contribution < 1.29 is 14.3 Å². The van der Waals surface area contributed by atoms with Crippen molar-refractivity contribution in [1.82, 2.24) is 4.98 Å². The Balaban J connectivity index is 1.36. The lowest BCUT2D eigenvalue weighted by molar-refractivity contribution is -0.115. The number of anilines is 1. The maximum atomic E-state index is 12.5. The number of carbonyl (C=O) groups excluding carboxylic acids is 1. The monoisotopic (exact) mass is 366 g/mol. The maximum Gasteiger partial charge on any atom is 0.230 e. The minimum atomic E-state index is -0.0879. The first-order chi connectivity index (χ1) is 13.3. The summed E-state index contributed by atoms with van der Waals surface area (Å²) in [6.07, 6.45) is 9.26. The summed E-state index contributed by atoms with van der Waals surface area (Å²) in [5.41, 5.74) is 2.16. The van der Waals surface area contributed by atoms with Gasteiger partial charge in [-0.1, -0.05) is 31.4 Å². The third-order valence-electron chi connectivity index (χ3n) is 5.35. The fourth-order valence-corrected chi connectivity index (χ4v) is 3.87. The van der Waals surface area contributed by atoms with Crippen LogP contribution in [0, 0.1) is 5.92 Å². The van der Waals surface area contributed by atoms with Crippen LogP contribution in [0.5, 0.6) is 11.5 Å². The Labute approximate surface area is 160 Å². The van der Waals surface area contributed by atoms with Crippen molar-refractivity contribution in [3.05, 3.63) is 47.7 Å². The van der Waals surface area contributed by atoms with Gasteiger partial charge < -0.3 is 14.8 Å². The molecule has 27 heavy (non-hydrogen) atoms. The van der Waals surface area contributed by atoms with Crippen LogP contribution >= 0.6 is 0 Å². The molecule has 1 fully saturated rings. The van der Waals surface area contributed by atoms with Gasteiger partial charge in [-0.2, -0.15) is 0 Å². The van der Waals surface area contributed by atoms with Crippen LogP contribution in [-0.2, 0) is 17.6 Å². The first kappa shape index (κ1) is 17.8. The SMILES string of the molecule is O=C(Cc1ccc2c(c1)CCO2)Nc1ncccc1OCC1CCCCC1. The predicted molar refractivity (Wildman–Crippen MR) is 104 cm³/mol. The van der Waals surface area contributed by atoms with Gasteiger partial charge in [0.25, 0.3) is 0 Å². The van der Waals surface area contributed by atoms with Gasteiger partial charge in [-0.05, 0) is 48.1 Å². The third kappa shape index (κ3) is 4.59. The molecule has 1 aliphatic carbocycles. The number of rotatable bonds is 6. The van der Waals surface area contributed by atoms with E-state index in [2.05, 4.69) is 16.4 Å². The van der Waals surface area contributed by atoms with Crippen LogP contribution in [0.4, 0.5) is 5.82 Å². The topological polar surface area (TPSA) is 60.5 Å². The standard InChI is InChI=1S/C22H26N2O3/c25-21(14-17-8-9-19-18(13-17)10-12-26-19)24-22-20(7-4-11-23-22)27-15-16-5-2-1-3-6-16/h4,7-9,11,13,16H,1-3,5-6,10,12,14-15H2,(H,23,24,25). The molecule has 0 atom stereocenters. The molecule has 1 aromatic carbocycles. The van der Waals surface area contributed by atoms with Crippen LogP contribution in [0.3, 0.4) is 0 Å². The van der Waals surface area contributed by atoms with E-state index in [0.29, 0.717) is 30.5 Å². The summed E-state index contributed by atoms with van der Waals surface area (Å²) in [5.74, 6) is 2.61. The number of nitrogens with zero attached hydrogens (tertiary/aromatic N) is 1. The molecule has 0 bridgehead atoms. The second-order valence-electron chi connectivity index (χ2n) is 7.43. The summed E-state index contributed by atoms with van der Waals surface area (Å²) in [5, 5.41) is 2.91. The van der Waals surface area contributed by atoms with Gasteiger partial charge >= 0.3 is 0 Å². The number of hydrogen-bond acceptors (Lipinski definition) is 4. The average molecular weight is 366 g/mol. The van der Waals surface area contributed by atoms with E-state index in [-0.39, 0.29) is 5.91 Å². The summed E-state index contributed by atoms with van der Waals surface area (Å²) in [6, 6.07) is 9.67. The molecule has 0 unspecified atom stereocenters. The van der Waals surface area contributed by atoms with Crippen LogP contribution < -0.4 is 14.8 Å². The molecule has 2 heterocycles. The van der Waals surface area contributed by atoms with Crippen molar-refractivity contribution in [3.8, 4) is 11.5 Å². The van der Waals surface area contributed by atoms with Crippen molar-refractivity contribution in [1.29, 1.82) is 0 Å². The van der Waals surface area contributed by atoms with Crippen molar-refractivity contribution in [2.24, 2.45) is 5.92 Å². The number of ether oxygens (including phenoxy) is 2. The van der Waals surface area contributed by atoms with Gasteiger partial charge in [-0.25, -0.2) is 4.98 Å². The van der Waals surface area contributed by atoms with Crippen molar-refractivity contribution in [2.45, 2.75) is 44.9 Å². The second-order valence-corrected chi connectivity index (χ2v) is 7.43. The summed E-state index contributed by atoms with van der Waals surface area (Å²) in [4.78, 5) is 16.8. The average Bonchev–Trinajstić information content (AvgIpc) is 3.16. The van der Waals surface area contributed by atoms with E-state index in [1.807, 2.05) is 24.3 Å². The highest BCUT2D eigenvalue weighted by molar-refractivity contribution is 5.92. The van der Waals surface area contributed by atoms with Crippen LogP contribution in [0.15, 0.2) is 36.5 Å². The molecular weight excluding hydrogens is 340 g/mol. The number of fused-ring (bicyclic) bond motifs is 1. The van der Waals surface area contributed by atoms with E-state index < -0.39 is 0 Å². The van der Waals surface area contributed by atoms with Gasteiger partial charge in [0.2, 0.25) is 5.91 Å². The van der Waals surface area contributed by atoms with E-state index in [0.717, 1.165) is 24.3 Å². The smallest absolute Gasteiger partial charge is 0.230 e. The molecule has 1 aromatic heterocycles. The number of hydrogen-bond donors (Lipinski definition) is 1. The normalized spacial score (nSPS) is 16.4. The lowest BCUT2D eigenvalue weighted by atomic mass is 9.90. The molecule has 5 nitrogen and oxygen atoms in total. The molecule has 0 radical (unpaired) electrons. The number of pyridine rings is 1. The van der Waals surface area contributed by atoms with Crippen molar-refractivity contribution in [2.75, 3.05) is 18.5 Å². The largest absolute Gasteiger partial charge is 0.493 e. The first-order valence-electron chi connectivity index (χ1n) is 9.90. The van der Waals surface area contributed by atoms with Crippen molar-refractivity contribution >= 4 is 11.7 Å². The van der Waals surface area contributed by atoms with Crippen molar-refractivity contribution in [3.63, 3.8) is 0 Å². The fourth-order valence-electron chi connectivity index (χ4n) is 3.87. The second kappa shape index (κ2) is 8.42. The van der Waals surface area contributed by atoms with Crippen LogP contribution in [0.25, 0.3) is 0 Å². The van der Waals surface area contributed by atoms with Crippen LogP contribution in [0.1, 0.15) is 43.2 Å². The minimum absolute atomic E-state index is 0.0879. The molecule has 2 aliphatic rings. The zero-order valence-corrected chi connectivity index (χ0v) is 15.6. The van der Waals surface area contributed by atoms with E-state index >= 15 is 0 Å². The Bertz CT molecular complexity index is 800. The zero-order chi connectivity index (χ0) is 18.5. The molecule has 1 aliphatic heterocycles. The van der Waals surface area contributed by atoms with E-state index in [1.165, 1.54) is 37.7 Å². The van der Waals surface area contributed by atoms with Gasteiger partial charge in [0, 0.05) is 12.6 Å². The summed E-state index contributed by atoms with van der Waals surface area (Å²) in [6.45, 7) is 1.42. The van der Waals surface area contributed by atoms with E-state index in [4.69, 9.17) is 9.47 Å². The third-order valence-corrected chi connectivity index (χ3v) is 5.35. The lowest BCUT2D eigenvalue weighted by Crippen LogP contribution is -2.18. The van der Waals surface area contributed by atoms with Crippen LogP contribution in [-0.4, -0.2) is 24.1 Å². The van der Waals surface area contributed by atoms with Gasteiger partial charge in [-0.3, -0.25) is 4.79 Å². The summed E-state index contributed by atoms with van der Waals surface area (Å²) in [7, 11) is 0. The van der Waals surface area contributed by atoms with Crippen LogP contribution in [0.2, 0.25) is 0 Å². The Kier molecular flexibility index (Phi) is 5.56. The van der Waals surface area contributed by atoms with Gasteiger partial charge in [0.05, 0.1) is 19.6 Å². The molecule has 1 amide bonds. The Morgan fingerprint density at radius 1 is 1.22 bits per heavy atom. The number of nitrogens with one attached hydrogen (secondary N) is 1. The number of aromatic nitrogens is 1. The highest BCUT2D eigenvalue weighted by Crippen LogP contribution is 2.28. The predicted octanol–water partition coefficient (Wildman–Crippen LogP) is 4.16. The Hall–Kier alpha value is -2.56. The Morgan fingerprint density at radius 2 is 2.11 bits per heavy atom. The maximum absolute atomic E-state index is 12.5. The molecule has 2 aromatic rings. The number of carbonyl (C=O) groups is 1. The highest BCUT2D eigenvalue weighted by atomic mass is 16.5. The molecule has 142 valence electrons. The summed E-state index contributed by atoms with van der Waals surface area (Å²) >= 11 is 0. The molecule has 0 spiro atoms. The molecular formula is C22H26N2O3. The quantitative estimate of drug-likeness (QED) is 0.834. The Morgan fingerprint density at radius 3 is 3.00 bits per heavy atom. The van der Waals surface area contributed by atoms with Gasteiger partial charge in [0.1, 0.15) is 5.75 Å².